The molecule has 1 atom stereocenters. The molecular weight excluding hydrogens is 436 g/mol. The fraction of sp³-hybridized carbons (Fsp3) is 0.240. The number of esters is 1. The summed E-state index contributed by atoms with van der Waals surface area (Å²) >= 11 is 0. The van der Waals surface area contributed by atoms with Gasteiger partial charge in [0.25, 0.3) is 0 Å². The van der Waals surface area contributed by atoms with Gasteiger partial charge in [0.05, 0.1) is 37.3 Å². The van der Waals surface area contributed by atoms with E-state index in [-0.39, 0.29) is 30.4 Å². The van der Waals surface area contributed by atoms with Crippen LogP contribution in [0.25, 0.3) is 0 Å². The van der Waals surface area contributed by atoms with E-state index in [4.69, 9.17) is 24.7 Å². The molecule has 0 fully saturated rings. The number of carbonyl (C=O) groups is 1. The van der Waals surface area contributed by atoms with Crippen molar-refractivity contribution in [2.24, 2.45) is 5.73 Å². The molecule has 1 aliphatic heterocycles. The molecule has 174 valence electrons. The third kappa shape index (κ3) is 4.52. The maximum Gasteiger partial charge on any atom is 0.311 e. The van der Waals surface area contributed by atoms with Crippen LogP contribution in [0.2, 0.25) is 0 Å². The molecule has 0 amide bonds. The first-order chi connectivity index (χ1) is 16.5. The van der Waals surface area contributed by atoms with Gasteiger partial charge >= 0.3 is 5.97 Å². The van der Waals surface area contributed by atoms with Gasteiger partial charge in [0, 0.05) is 0 Å². The number of nitrogens with zero attached hydrogens (tertiary/aromatic N) is 2. The number of allylic oxidation sites excluding steroid dienone is 1. The predicted molar refractivity (Wildman–Crippen MR) is 122 cm³/mol. The van der Waals surface area contributed by atoms with Gasteiger partial charge in [0.2, 0.25) is 11.8 Å². The first-order valence-corrected chi connectivity index (χ1v) is 10.7. The summed E-state index contributed by atoms with van der Waals surface area (Å²) in [6, 6.07) is 17.3. The molecule has 1 aliphatic rings. The number of methoxy groups -OCH3 is 1. The number of aromatic nitrogens is 2. The highest BCUT2D eigenvalue weighted by molar-refractivity contribution is 5.73. The summed E-state index contributed by atoms with van der Waals surface area (Å²) in [5, 5.41) is 16.8. The average Bonchev–Trinajstić information content (AvgIpc) is 3.24. The minimum Gasteiger partial charge on any atom is -0.493 e. The Balaban J connectivity index is 1.70. The first-order valence-electron chi connectivity index (χ1n) is 10.7. The zero-order chi connectivity index (χ0) is 24.1. The fourth-order valence-electron chi connectivity index (χ4n) is 3.85. The van der Waals surface area contributed by atoms with Crippen molar-refractivity contribution >= 4 is 5.97 Å². The number of H-pyrrole nitrogens is 1. The van der Waals surface area contributed by atoms with Gasteiger partial charge < -0.3 is 24.7 Å². The number of ether oxygens (including phenoxy) is 4. The number of nitrogens with two attached hydrogens (primary N) is 1. The van der Waals surface area contributed by atoms with E-state index in [0.29, 0.717) is 34.9 Å². The van der Waals surface area contributed by atoms with Gasteiger partial charge in [0.1, 0.15) is 18.2 Å². The molecular formula is C25H24N4O5. The quantitative estimate of drug-likeness (QED) is 0.489. The normalized spacial score (nSPS) is 14.6. The predicted octanol–water partition coefficient (Wildman–Crippen LogP) is 3.32. The van der Waals surface area contributed by atoms with Crippen LogP contribution in [0.1, 0.15) is 35.2 Å². The van der Waals surface area contributed by atoms with Gasteiger partial charge in [-0.1, -0.05) is 36.4 Å². The summed E-state index contributed by atoms with van der Waals surface area (Å²) in [4.78, 5) is 12.1. The first kappa shape index (κ1) is 22.7. The lowest BCUT2D eigenvalue weighted by molar-refractivity contribution is -0.142. The second-order valence-corrected chi connectivity index (χ2v) is 7.51. The van der Waals surface area contributed by atoms with Crippen molar-refractivity contribution in [2.75, 3.05) is 13.7 Å². The molecule has 34 heavy (non-hydrogen) atoms. The largest absolute Gasteiger partial charge is 0.493 e. The number of aromatic amines is 1. The zero-order valence-corrected chi connectivity index (χ0v) is 18.8. The van der Waals surface area contributed by atoms with Crippen LogP contribution < -0.4 is 19.9 Å². The second kappa shape index (κ2) is 10.0. The van der Waals surface area contributed by atoms with Crippen LogP contribution in [0.4, 0.5) is 0 Å². The number of rotatable bonds is 8. The Kier molecular flexibility index (Phi) is 6.69. The van der Waals surface area contributed by atoms with Crippen LogP contribution >= 0.6 is 0 Å². The van der Waals surface area contributed by atoms with E-state index >= 15 is 0 Å². The molecule has 0 radical (unpaired) electrons. The molecule has 4 rings (SSSR count). The van der Waals surface area contributed by atoms with Crippen molar-refractivity contribution in [3.8, 4) is 23.4 Å². The standard InChI is InChI=1S/C25H24N4O5/c1-3-32-21(30)12-18-23-22(17(13-26)24(27)34-25(23)29-28-18)16-9-10-19(20(11-16)31-2)33-14-15-7-5-4-6-8-15/h4-11,22H,3,12,14,27H2,1-2H3,(H,28,29). The minimum atomic E-state index is -0.617. The third-order valence-corrected chi connectivity index (χ3v) is 5.40. The second-order valence-electron chi connectivity index (χ2n) is 7.51. The van der Waals surface area contributed by atoms with Crippen LogP contribution in [-0.2, 0) is 22.6 Å². The van der Waals surface area contributed by atoms with Crippen LogP contribution in [0.5, 0.6) is 17.4 Å². The fourth-order valence-corrected chi connectivity index (χ4v) is 3.85. The minimum absolute atomic E-state index is 0.0439. The summed E-state index contributed by atoms with van der Waals surface area (Å²) in [5.74, 6) is 0.177. The molecule has 9 heteroatoms. The molecule has 9 nitrogen and oxygen atoms in total. The molecule has 0 saturated carbocycles. The SMILES string of the molecule is CCOC(=O)Cc1[nH]nc2c1C(c1ccc(OCc3ccccc3)c(OC)c1)C(C#N)=C(N)O2. The Hall–Kier alpha value is -4.45. The van der Waals surface area contributed by atoms with E-state index in [2.05, 4.69) is 16.3 Å². The van der Waals surface area contributed by atoms with Crippen molar-refractivity contribution in [1.82, 2.24) is 10.2 Å². The number of benzene rings is 2. The topological polar surface area (TPSA) is 132 Å². The lowest BCUT2D eigenvalue weighted by atomic mass is 9.83. The van der Waals surface area contributed by atoms with Crippen molar-refractivity contribution in [3.63, 3.8) is 0 Å². The Morgan fingerprint density at radius 3 is 2.74 bits per heavy atom. The summed E-state index contributed by atoms with van der Waals surface area (Å²) in [6.45, 7) is 2.36. The van der Waals surface area contributed by atoms with E-state index in [1.807, 2.05) is 36.4 Å². The summed E-state index contributed by atoms with van der Waals surface area (Å²) in [6.07, 6.45) is -0.0515. The van der Waals surface area contributed by atoms with Gasteiger partial charge in [-0.15, -0.1) is 5.10 Å². The van der Waals surface area contributed by atoms with Crippen LogP contribution in [-0.4, -0.2) is 29.9 Å². The number of fused-ring (bicyclic) bond motifs is 1. The monoisotopic (exact) mass is 460 g/mol. The highest BCUT2D eigenvalue weighted by Gasteiger charge is 2.36. The Bertz CT molecular complexity index is 1260. The van der Waals surface area contributed by atoms with Crippen molar-refractivity contribution in [2.45, 2.75) is 25.9 Å². The molecule has 0 spiro atoms. The summed E-state index contributed by atoms with van der Waals surface area (Å²) in [7, 11) is 1.54. The lowest BCUT2D eigenvalue weighted by Gasteiger charge is -2.24. The molecule has 3 aromatic rings. The highest BCUT2D eigenvalue weighted by atomic mass is 16.5. The Morgan fingerprint density at radius 1 is 1.24 bits per heavy atom. The van der Waals surface area contributed by atoms with E-state index in [1.165, 1.54) is 0 Å². The van der Waals surface area contributed by atoms with E-state index in [0.717, 1.165) is 5.56 Å². The molecule has 0 aliphatic carbocycles. The Morgan fingerprint density at radius 2 is 2.03 bits per heavy atom. The molecule has 0 saturated heterocycles. The van der Waals surface area contributed by atoms with Crippen molar-refractivity contribution in [3.05, 3.63) is 82.4 Å². The molecule has 2 heterocycles. The van der Waals surface area contributed by atoms with Crippen molar-refractivity contribution in [1.29, 1.82) is 5.26 Å². The van der Waals surface area contributed by atoms with Gasteiger partial charge in [-0.25, -0.2) is 0 Å². The van der Waals surface area contributed by atoms with Gasteiger partial charge in [-0.3, -0.25) is 9.89 Å². The summed E-state index contributed by atoms with van der Waals surface area (Å²) < 4.78 is 22.2. The zero-order valence-electron chi connectivity index (χ0n) is 18.8. The Labute approximate surface area is 196 Å². The van der Waals surface area contributed by atoms with Gasteiger partial charge in [-0.2, -0.15) is 5.26 Å². The average molecular weight is 460 g/mol. The van der Waals surface area contributed by atoms with Crippen molar-refractivity contribution < 1.29 is 23.7 Å². The third-order valence-electron chi connectivity index (χ3n) is 5.40. The number of carbonyl (C=O) groups excluding carboxylic acids is 1. The highest BCUT2D eigenvalue weighted by Crippen LogP contribution is 2.44. The summed E-state index contributed by atoms with van der Waals surface area (Å²) in [5.41, 5.74) is 9.01. The number of hydrogen-bond donors (Lipinski definition) is 2. The maximum absolute atomic E-state index is 12.1. The molecule has 0 bridgehead atoms. The molecule has 1 unspecified atom stereocenters. The number of nitriles is 1. The van der Waals surface area contributed by atoms with E-state index in [9.17, 15) is 10.1 Å². The smallest absolute Gasteiger partial charge is 0.311 e. The number of nitrogens with one attached hydrogen (secondary N) is 1. The molecule has 1 aromatic heterocycles. The van der Waals surface area contributed by atoms with Crippen LogP contribution in [0, 0.1) is 11.3 Å². The van der Waals surface area contributed by atoms with Gasteiger partial charge in [0.15, 0.2) is 11.5 Å². The van der Waals surface area contributed by atoms with E-state index < -0.39 is 11.9 Å². The lowest BCUT2D eigenvalue weighted by Crippen LogP contribution is -2.22. The van der Waals surface area contributed by atoms with E-state index in [1.54, 1.807) is 26.2 Å². The number of hydrogen-bond acceptors (Lipinski definition) is 8. The van der Waals surface area contributed by atoms with Gasteiger partial charge in [-0.05, 0) is 30.2 Å². The molecule has 3 N–H and O–H groups in total. The van der Waals surface area contributed by atoms with Crippen LogP contribution in [0.3, 0.4) is 0 Å². The molecule has 2 aromatic carbocycles. The maximum atomic E-state index is 12.1. The van der Waals surface area contributed by atoms with Crippen LogP contribution in [0.15, 0.2) is 60.0 Å².